The van der Waals surface area contributed by atoms with E-state index in [0.717, 1.165) is 25.9 Å². The lowest BCUT2D eigenvalue weighted by Gasteiger charge is -2.02. The Morgan fingerprint density at radius 3 is 2.12 bits per heavy atom. The van der Waals surface area contributed by atoms with Gasteiger partial charge in [0, 0.05) is 19.8 Å². The summed E-state index contributed by atoms with van der Waals surface area (Å²) in [7, 11) is 0. The molecule has 0 heterocycles. The molecule has 98 valence electrons. The van der Waals surface area contributed by atoms with E-state index < -0.39 is 0 Å². The van der Waals surface area contributed by atoms with Crippen LogP contribution in [-0.4, -0.2) is 36.5 Å². The molecule has 0 unspecified atom stereocenters. The third-order valence-electron chi connectivity index (χ3n) is 2.05. The normalized spacial score (nSPS) is 9.59. The Morgan fingerprint density at radius 2 is 1.65 bits per heavy atom. The topological polar surface area (TPSA) is 78.5 Å². The van der Waals surface area contributed by atoms with Crippen LogP contribution in [0.1, 0.15) is 18.4 Å². The van der Waals surface area contributed by atoms with E-state index in [1.54, 1.807) is 0 Å². The number of nitrogens with one attached hydrogen (secondary N) is 1. The Hall–Kier alpha value is -0.940. The van der Waals surface area contributed by atoms with E-state index in [1.807, 2.05) is 18.2 Å². The van der Waals surface area contributed by atoms with Crippen LogP contribution in [-0.2, 0) is 6.54 Å². The quantitative estimate of drug-likeness (QED) is 0.523. The molecule has 0 aliphatic heterocycles. The first-order valence-electron chi connectivity index (χ1n) is 6.01. The molecule has 0 atom stereocenters. The molecule has 1 aromatic rings. The largest absolute Gasteiger partial charge is 0.396 e. The fourth-order valence-corrected chi connectivity index (χ4v) is 1.12. The lowest BCUT2D eigenvalue weighted by atomic mass is 10.2. The van der Waals surface area contributed by atoms with E-state index in [1.165, 1.54) is 5.56 Å². The minimum atomic E-state index is 0.219. The molecule has 0 aliphatic carbocycles. The maximum absolute atomic E-state index is 8.52. The number of benzene rings is 1. The van der Waals surface area contributed by atoms with Crippen LogP contribution >= 0.6 is 0 Å². The smallest absolute Gasteiger partial charge is 0.0443 e. The summed E-state index contributed by atoms with van der Waals surface area (Å²) in [6.45, 7) is 2.85. The molecule has 0 aromatic heterocycles. The monoisotopic (exact) mass is 240 g/mol. The summed E-state index contributed by atoms with van der Waals surface area (Å²) >= 11 is 0. The van der Waals surface area contributed by atoms with Crippen LogP contribution in [0.4, 0.5) is 0 Å². The van der Waals surface area contributed by atoms with Gasteiger partial charge in [0.05, 0.1) is 0 Å². The zero-order valence-electron chi connectivity index (χ0n) is 10.3. The number of hydrogen-bond donors (Lipinski definition) is 4. The third-order valence-corrected chi connectivity index (χ3v) is 2.05. The van der Waals surface area contributed by atoms with Gasteiger partial charge < -0.3 is 21.3 Å². The molecule has 5 N–H and O–H groups in total. The van der Waals surface area contributed by atoms with Crippen LogP contribution < -0.4 is 11.1 Å². The van der Waals surface area contributed by atoms with Crippen LogP contribution in [0.2, 0.25) is 0 Å². The third kappa shape index (κ3) is 11.3. The van der Waals surface area contributed by atoms with Gasteiger partial charge >= 0.3 is 0 Å². The zero-order valence-corrected chi connectivity index (χ0v) is 10.3. The van der Waals surface area contributed by atoms with Gasteiger partial charge in [-0.05, 0) is 31.5 Å². The molecule has 0 bridgehead atoms. The van der Waals surface area contributed by atoms with Crippen molar-refractivity contribution in [1.29, 1.82) is 0 Å². The molecule has 4 heteroatoms. The van der Waals surface area contributed by atoms with E-state index in [-0.39, 0.29) is 13.2 Å². The highest BCUT2D eigenvalue weighted by molar-refractivity contribution is 5.14. The summed E-state index contributed by atoms with van der Waals surface area (Å²) in [6.07, 6.45) is 1.55. The average molecular weight is 240 g/mol. The summed E-state index contributed by atoms with van der Waals surface area (Å²) in [5.41, 5.74) is 6.27. The van der Waals surface area contributed by atoms with Crippen LogP contribution in [0.5, 0.6) is 0 Å². The minimum Gasteiger partial charge on any atom is -0.396 e. The molecule has 1 rings (SSSR count). The highest BCUT2D eigenvalue weighted by Gasteiger charge is 1.89. The molecule has 0 saturated carbocycles. The number of nitrogens with two attached hydrogens (primary N) is 1. The van der Waals surface area contributed by atoms with E-state index in [0.29, 0.717) is 6.54 Å². The Kier molecular flexibility index (Phi) is 12.4. The first-order valence-corrected chi connectivity index (χ1v) is 6.01. The summed E-state index contributed by atoms with van der Waals surface area (Å²) in [6, 6.07) is 10.3. The molecule has 0 fully saturated rings. The van der Waals surface area contributed by atoms with Gasteiger partial charge in [-0.15, -0.1) is 0 Å². The van der Waals surface area contributed by atoms with Crippen molar-refractivity contribution >= 4 is 0 Å². The minimum absolute atomic E-state index is 0.219. The Labute approximate surface area is 103 Å². The van der Waals surface area contributed by atoms with Crippen LogP contribution in [0.25, 0.3) is 0 Å². The number of aliphatic hydroxyl groups is 2. The van der Waals surface area contributed by atoms with Crippen molar-refractivity contribution in [3.8, 4) is 0 Å². The lowest BCUT2D eigenvalue weighted by molar-refractivity contribution is 0.286. The Bertz CT molecular complexity index is 240. The van der Waals surface area contributed by atoms with Gasteiger partial charge in [-0.3, -0.25) is 0 Å². The number of aliphatic hydroxyl groups excluding tert-OH is 2. The van der Waals surface area contributed by atoms with Crippen molar-refractivity contribution in [1.82, 2.24) is 5.32 Å². The highest BCUT2D eigenvalue weighted by Crippen LogP contribution is 1.96. The van der Waals surface area contributed by atoms with E-state index in [2.05, 4.69) is 17.4 Å². The predicted octanol–water partition coefficient (Wildman–Crippen LogP) is 0.486. The van der Waals surface area contributed by atoms with Crippen molar-refractivity contribution in [2.75, 3.05) is 26.3 Å². The van der Waals surface area contributed by atoms with Gasteiger partial charge in [0.25, 0.3) is 0 Å². The molecule has 17 heavy (non-hydrogen) atoms. The molecular formula is C13H24N2O2. The van der Waals surface area contributed by atoms with Gasteiger partial charge in [0.1, 0.15) is 0 Å². The van der Waals surface area contributed by atoms with Crippen LogP contribution in [0.3, 0.4) is 0 Å². The second kappa shape index (κ2) is 13.1. The van der Waals surface area contributed by atoms with Gasteiger partial charge in [-0.25, -0.2) is 0 Å². The number of rotatable bonds is 7. The molecule has 0 spiro atoms. The van der Waals surface area contributed by atoms with E-state index in [4.69, 9.17) is 15.9 Å². The van der Waals surface area contributed by atoms with Crippen molar-refractivity contribution in [2.24, 2.45) is 5.73 Å². The van der Waals surface area contributed by atoms with Gasteiger partial charge in [-0.2, -0.15) is 0 Å². The maximum Gasteiger partial charge on any atom is 0.0443 e. The fourth-order valence-electron chi connectivity index (χ4n) is 1.12. The van der Waals surface area contributed by atoms with Crippen molar-refractivity contribution in [3.05, 3.63) is 35.9 Å². The predicted molar refractivity (Wildman–Crippen MR) is 70.6 cm³/mol. The standard InChI is InChI=1S/C10H15NO.C3H9NO/c12-8-4-7-11-9-10-5-2-1-3-6-10;4-2-1-3-5/h1-3,5-6,11-12H,4,7-9H2;5H,1-4H2. The van der Waals surface area contributed by atoms with E-state index >= 15 is 0 Å². The molecule has 0 radical (unpaired) electrons. The summed E-state index contributed by atoms with van der Waals surface area (Å²) in [5.74, 6) is 0. The molecule has 0 aliphatic rings. The molecule has 1 aromatic carbocycles. The van der Waals surface area contributed by atoms with E-state index in [9.17, 15) is 0 Å². The number of hydrogen-bond acceptors (Lipinski definition) is 4. The first-order chi connectivity index (χ1) is 8.35. The highest BCUT2D eigenvalue weighted by atomic mass is 16.3. The van der Waals surface area contributed by atoms with Crippen molar-refractivity contribution < 1.29 is 10.2 Å². The molecule has 0 saturated heterocycles. The molecule has 0 amide bonds. The zero-order chi connectivity index (χ0) is 12.8. The lowest BCUT2D eigenvalue weighted by Crippen LogP contribution is -2.15. The van der Waals surface area contributed by atoms with Crippen LogP contribution in [0, 0.1) is 0 Å². The summed E-state index contributed by atoms with van der Waals surface area (Å²) in [4.78, 5) is 0. The molecular weight excluding hydrogens is 216 g/mol. The van der Waals surface area contributed by atoms with Crippen molar-refractivity contribution in [3.63, 3.8) is 0 Å². The first kappa shape index (κ1) is 16.1. The summed E-state index contributed by atoms with van der Waals surface area (Å²) in [5, 5.41) is 19.8. The SMILES string of the molecule is NCCCO.OCCCNCc1ccccc1. The molecule has 4 nitrogen and oxygen atoms in total. The Morgan fingerprint density at radius 1 is 1.00 bits per heavy atom. The average Bonchev–Trinajstić information content (AvgIpc) is 2.38. The summed E-state index contributed by atoms with van der Waals surface area (Å²) < 4.78 is 0. The maximum atomic E-state index is 8.52. The second-order valence-electron chi connectivity index (χ2n) is 3.61. The van der Waals surface area contributed by atoms with Gasteiger partial charge in [0.2, 0.25) is 0 Å². The van der Waals surface area contributed by atoms with Crippen LogP contribution in [0.15, 0.2) is 30.3 Å². The second-order valence-corrected chi connectivity index (χ2v) is 3.61. The fraction of sp³-hybridized carbons (Fsp3) is 0.538. The van der Waals surface area contributed by atoms with Gasteiger partial charge in [0.15, 0.2) is 0 Å². The Balaban J connectivity index is 0.000000437. The van der Waals surface area contributed by atoms with Crippen molar-refractivity contribution in [2.45, 2.75) is 19.4 Å². The van der Waals surface area contributed by atoms with Gasteiger partial charge in [-0.1, -0.05) is 30.3 Å².